The van der Waals surface area contributed by atoms with Crippen molar-refractivity contribution in [1.82, 2.24) is 4.90 Å². The van der Waals surface area contributed by atoms with Gasteiger partial charge in [-0.1, -0.05) is 32.0 Å². The van der Waals surface area contributed by atoms with Crippen molar-refractivity contribution in [3.05, 3.63) is 35.6 Å². The topological polar surface area (TPSA) is 29.5 Å². The highest BCUT2D eigenvalue weighted by atomic mass is 19.1. The molecule has 2 rings (SSSR count). The van der Waals surface area contributed by atoms with Crippen LogP contribution >= 0.6 is 0 Å². The van der Waals surface area contributed by atoms with Crippen molar-refractivity contribution in [2.75, 3.05) is 19.7 Å². The Bertz CT molecular complexity index is 496. The van der Waals surface area contributed by atoms with Crippen molar-refractivity contribution in [2.24, 2.45) is 11.8 Å². The van der Waals surface area contributed by atoms with Gasteiger partial charge < -0.3 is 9.64 Å². The lowest BCUT2D eigenvalue weighted by molar-refractivity contribution is -0.133. The molecule has 0 spiro atoms. The molecule has 0 aromatic heterocycles. The molecule has 0 radical (unpaired) electrons. The second-order valence-electron chi connectivity index (χ2n) is 6.85. The van der Waals surface area contributed by atoms with E-state index in [1.54, 1.807) is 12.1 Å². The van der Waals surface area contributed by atoms with E-state index in [0.29, 0.717) is 37.0 Å². The number of hydrogen-bond donors (Lipinski definition) is 0. The van der Waals surface area contributed by atoms with Crippen molar-refractivity contribution >= 4 is 5.91 Å². The molecule has 0 bridgehead atoms. The Morgan fingerprint density at radius 2 is 2.00 bits per heavy atom. The van der Waals surface area contributed by atoms with Crippen LogP contribution in [0.4, 0.5) is 4.39 Å². The summed E-state index contributed by atoms with van der Waals surface area (Å²) >= 11 is 0. The van der Waals surface area contributed by atoms with Crippen LogP contribution in [0.15, 0.2) is 24.3 Å². The Morgan fingerprint density at radius 3 is 2.65 bits per heavy atom. The molecule has 128 valence electrons. The molecule has 1 aliphatic rings. The number of hydrogen-bond acceptors (Lipinski definition) is 2. The molecule has 1 aromatic rings. The van der Waals surface area contributed by atoms with Crippen LogP contribution in [0, 0.1) is 17.7 Å². The lowest BCUT2D eigenvalue weighted by Crippen LogP contribution is -2.39. The number of carbonyl (C=O) groups excluding carboxylic acids is 1. The fraction of sp³-hybridized carbons (Fsp3) is 0.632. The highest BCUT2D eigenvalue weighted by Gasteiger charge is 2.22. The molecule has 3 nitrogen and oxygen atoms in total. The third-order valence-electron chi connectivity index (χ3n) is 4.44. The van der Waals surface area contributed by atoms with Crippen LogP contribution in [0.3, 0.4) is 0 Å². The molecule has 4 heteroatoms. The minimum absolute atomic E-state index is 0.204. The number of carbonyl (C=O) groups is 1. The standard InChI is InChI=1S/C19H28FNO2/c1-15(2)13-19(22)21-10-7-16(8-11-21)9-12-23-14-17-5-3-4-6-18(17)20/h3-6,15-16H,7-14H2,1-2H3. The fourth-order valence-electron chi connectivity index (χ4n) is 3.00. The lowest BCUT2D eigenvalue weighted by Gasteiger charge is -2.32. The summed E-state index contributed by atoms with van der Waals surface area (Å²) in [5, 5.41) is 0. The summed E-state index contributed by atoms with van der Waals surface area (Å²) in [4.78, 5) is 14.0. The van der Waals surface area contributed by atoms with E-state index >= 15 is 0 Å². The Labute approximate surface area is 138 Å². The Kier molecular flexibility index (Phi) is 7.03. The van der Waals surface area contributed by atoms with Crippen LogP contribution in [0.2, 0.25) is 0 Å². The highest BCUT2D eigenvalue weighted by Crippen LogP contribution is 2.22. The number of ether oxygens (including phenoxy) is 1. The maximum atomic E-state index is 13.5. The molecule has 1 saturated heterocycles. The lowest BCUT2D eigenvalue weighted by atomic mass is 9.93. The van der Waals surface area contributed by atoms with Crippen molar-refractivity contribution in [2.45, 2.75) is 46.1 Å². The van der Waals surface area contributed by atoms with E-state index < -0.39 is 0 Å². The first-order valence-electron chi connectivity index (χ1n) is 8.65. The molecule has 23 heavy (non-hydrogen) atoms. The number of likely N-dealkylation sites (tertiary alicyclic amines) is 1. The van der Waals surface area contributed by atoms with Gasteiger partial charge in [0.05, 0.1) is 6.61 Å². The summed E-state index contributed by atoms with van der Waals surface area (Å²) in [5.74, 6) is 1.12. The van der Waals surface area contributed by atoms with Crippen LogP contribution in [-0.4, -0.2) is 30.5 Å². The van der Waals surface area contributed by atoms with Gasteiger partial charge in [0, 0.05) is 31.7 Å². The predicted octanol–water partition coefficient (Wildman–Crippen LogP) is 4.02. The molecule has 0 aliphatic carbocycles. The fourth-order valence-corrected chi connectivity index (χ4v) is 3.00. The van der Waals surface area contributed by atoms with Crippen molar-refractivity contribution in [3.63, 3.8) is 0 Å². The van der Waals surface area contributed by atoms with Crippen LogP contribution < -0.4 is 0 Å². The second kappa shape index (κ2) is 9.02. The highest BCUT2D eigenvalue weighted by molar-refractivity contribution is 5.76. The summed E-state index contributed by atoms with van der Waals surface area (Å²) in [6.07, 6.45) is 3.73. The molecule has 1 aliphatic heterocycles. The van der Waals surface area contributed by atoms with Gasteiger partial charge in [-0.2, -0.15) is 0 Å². The molecule has 1 aromatic carbocycles. The van der Waals surface area contributed by atoms with Gasteiger partial charge in [0.25, 0.3) is 0 Å². The van der Waals surface area contributed by atoms with Crippen molar-refractivity contribution in [1.29, 1.82) is 0 Å². The third-order valence-corrected chi connectivity index (χ3v) is 4.44. The summed E-state index contributed by atoms with van der Waals surface area (Å²) in [6, 6.07) is 6.73. The molecule has 0 saturated carbocycles. The quantitative estimate of drug-likeness (QED) is 0.710. The number of piperidine rings is 1. The zero-order valence-electron chi connectivity index (χ0n) is 14.3. The average molecular weight is 321 g/mol. The van der Waals surface area contributed by atoms with E-state index in [1.165, 1.54) is 6.07 Å². The zero-order chi connectivity index (χ0) is 16.7. The van der Waals surface area contributed by atoms with Gasteiger partial charge in [-0.05, 0) is 37.2 Å². The minimum Gasteiger partial charge on any atom is -0.377 e. The summed E-state index contributed by atoms with van der Waals surface area (Å²) < 4.78 is 19.1. The first-order valence-corrected chi connectivity index (χ1v) is 8.65. The first-order chi connectivity index (χ1) is 11.1. The van der Waals surface area contributed by atoms with E-state index in [4.69, 9.17) is 4.74 Å². The van der Waals surface area contributed by atoms with Gasteiger partial charge in [-0.25, -0.2) is 4.39 Å². The van der Waals surface area contributed by atoms with Crippen LogP contribution in [-0.2, 0) is 16.1 Å². The van der Waals surface area contributed by atoms with E-state index in [0.717, 1.165) is 32.4 Å². The molecule has 1 heterocycles. The Hall–Kier alpha value is -1.42. The van der Waals surface area contributed by atoms with E-state index in [2.05, 4.69) is 13.8 Å². The number of rotatable bonds is 7. The summed E-state index contributed by atoms with van der Waals surface area (Å²) in [7, 11) is 0. The number of halogens is 1. The van der Waals surface area contributed by atoms with Gasteiger partial charge in [-0.15, -0.1) is 0 Å². The number of amides is 1. The maximum Gasteiger partial charge on any atom is 0.222 e. The Morgan fingerprint density at radius 1 is 1.30 bits per heavy atom. The summed E-state index contributed by atoms with van der Waals surface area (Å²) in [5.41, 5.74) is 0.613. The van der Waals surface area contributed by atoms with Crippen molar-refractivity contribution < 1.29 is 13.9 Å². The number of nitrogens with zero attached hydrogens (tertiary/aromatic N) is 1. The number of benzene rings is 1. The Balaban J connectivity index is 1.61. The second-order valence-corrected chi connectivity index (χ2v) is 6.85. The van der Waals surface area contributed by atoms with Crippen LogP contribution in [0.25, 0.3) is 0 Å². The van der Waals surface area contributed by atoms with Crippen molar-refractivity contribution in [3.8, 4) is 0 Å². The molecule has 0 atom stereocenters. The average Bonchev–Trinajstić information content (AvgIpc) is 2.53. The van der Waals surface area contributed by atoms with Gasteiger partial charge in [0.1, 0.15) is 5.82 Å². The largest absolute Gasteiger partial charge is 0.377 e. The van der Waals surface area contributed by atoms with Crippen LogP contribution in [0.5, 0.6) is 0 Å². The molecule has 0 N–H and O–H groups in total. The first kappa shape index (κ1) is 17.9. The third kappa shape index (κ3) is 5.94. The van der Waals surface area contributed by atoms with E-state index in [1.807, 2.05) is 11.0 Å². The minimum atomic E-state index is -0.204. The van der Waals surface area contributed by atoms with Gasteiger partial charge in [0.15, 0.2) is 0 Å². The predicted molar refractivity (Wildman–Crippen MR) is 89.4 cm³/mol. The zero-order valence-corrected chi connectivity index (χ0v) is 14.3. The van der Waals surface area contributed by atoms with E-state index in [9.17, 15) is 9.18 Å². The summed E-state index contributed by atoms with van der Waals surface area (Å²) in [6.45, 7) is 6.87. The molecular formula is C19H28FNO2. The molecule has 0 unspecified atom stereocenters. The maximum absolute atomic E-state index is 13.5. The van der Waals surface area contributed by atoms with Gasteiger partial charge in [-0.3, -0.25) is 4.79 Å². The molecule has 1 fully saturated rings. The van der Waals surface area contributed by atoms with Gasteiger partial charge >= 0.3 is 0 Å². The molecule has 1 amide bonds. The monoisotopic (exact) mass is 321 g/mol. The van der Waals surface area contributed by atoms with E-state index in [-0.39, 0.29) is 11.7 Å². The van der Waals surface area contributed by atoms with Gasteiger partial charge in [0.2, 0.25) is 5.91 Å². The van der Waals surface area contributed by atoms with Crippen LogP contribution in [0.1, 0.15) is 45.1 Å². The normalized spacial score (nSPS) is 16.1. The molecular weight excluding hydrogens is 293 g/mol. The smallest absolute Gasteiger partial charge is 0.222 e. The SMILES string of the molecule is CC(C)CC(=O)N1CCC(CCOCc2ccccc2F)CC1.